The van der Waals surface area contributed by atoms with Gasteiger partial charge in [0, 0.05) is 13.1 Å². The lowest BCUT2D eigenvalue weighted by molar-refractivity contribution is 0.266. The molecular weight excluding hydrogens is 288 g/mol. The number of hydrogen-bond acceptors (Lipinski definition) is 4. The number of sulfonamides is 1. The number of aryl methyl sites for hydroxylation is 1. The highest BCUT2D eigenvalue weighted by Crippen LogP contribution is 2.27. The molecule has 0 amide bonds. The molecule has 1 aliphatic heterocycles. The number of ether oxygens (including phenoxy) is 1. The van der Waals surface area contributed by atoms with Crippen molar-refractivity contribution in [1.29, 1.82) is 0 Å². The highest BCUT2D eigenvalue weighted by molar-refractivity contribution is 7.89. The average Bonchev–Trinajstić information content (AvgIpc) is 2.48. The van der Waals surface area contributed by atoms with Crippen molar-refractivity contribution in [2.24, 2.45) is 11.7 Å². The van der Waals surface area contributed by atoms with Crippen molar-refractivity contribution in [2.45, 2.75) is 31.1 Å². The number of methoxy groups -OCH3 is 1. The summed E-state index contributed by atoms with van der Waals surface area (Å²) in [6, 6.07) is 5.01. The van der Waals surface area contributed by atoms with Gasteiger partial charge in [0.15, 0.2) is 0 Å². The first-order chi connectivity index (χ1) is 9.98. The van der Waals surface area contributed by atoms with Crippen LogP contribution in [-0.2, 0) is 10.0 Å². The van der Waals surface area contributed by atoms with Crippen molar-refractivity contribution in [2.75, 3.05) is 26.7 Å². The van der Waals surface area contributed by atoms with E-state index < -0.39 is 10.0 Å². The zero-order chi connectivity index (χ0) is 15.5. The highest BCUT2D eigenvalue weighted by atomic mass is 32.2. The van der Waals surface area contributed by atoms with E-state index in [-0.39, 0.29) is 0 Å². The summed E-state index contributed by atoms with van der Waals surface area (Å²) in [6.07, 6.45) is 2.77. The molecule has 21 heavy (non-hydrogen) atoms. The molecule has 2 N–H and O–H groups in total. The van der Waals surface area contributed by atoms with Gasteiger partial charge >= 0.3 is 0 Å². The lowest BCUT2D eigenvalue weighted by Crippen LogP contribution is -2.38. The van der Waals surface area contributed by atoms with E-state index in [9.17, 15) is 8.42 Å². The zero-order valence-electron chi connectivity index (χ0n) is 12.7. The van der Waals surface area contributed by atoms with Gasteiger partial charge in [0.1, 0.15) is 5.75 Å². The number of nitrogens with zero attached hydrogens (tertiary/aromatic N) is 1. The summed E-state index contributed by atoms with van der Waals surface area (Å²) in [6.45, 7) is 3.69. The summed E-state index contributed by atoms with van der Waals surface area (Å²) in [7, 11) is -1.82. The molecule has 6 heteroatoms. The van der Waals surface area contributed by atoms with Gasteiger partial charge in [-0.3, -0.25) is 0 Å². The smallest absolute Gasteiger partial charge is 0.243 e. The van der Waals surface area contributed by atoms with Gasteiger partial charge in [-0.15, -0.1) is 0 Å². The van der Waals surface area contributed by atoms with Gasteiger partial charge in [0.05, 0.1) is 12.0 Å². The number of hydrogen-bond donors (Lipinski definition) is 1. The zero-order valence-corrected chi connectivity index (χ0v) is 13.5. The Bertz CT molecular complexity index is 579. The third-order valence-electron chi connectivity index (χ3n) is 4.15. The summed E-state index contributed by atoms with van der Waals surface area (Å²) < 4.78 is 32.1. The van der Waals surface area contributed by atoms with Gasteiger partial charge in [0.2, 0.25) is 10.0 Å². The Kier molecular flexibility index (Phi) is 5.24. The van der Waals surface area contributed by atoms with E-state index in [2.05, 4.69) is 0 Å². The summed E-state index contributed by atoms with van der Waals surface area (Å²) in [5.41, 5.74) is 6.40. The standard InChI is InChI=1S/C15H24N2O3S/c1-12-11-14(3-4-15(12)20-2)21(18,19)17-9-6-13(5-8-16)7-10-17/h3-4,11,13H,5-10,16H2,1-2H3. The molecule has 1 aromatic rings. The fourth-order valence-corrected chi connectivity index (χ4v) is 4.39. The number of rotatable bonds is 5. The first kappa shape index (κ1) is 16.3. The fraction of sp³-hybridized carbons (Fsp3) is 0.600. The Morgan fingerprint density at radius 3 is 2.52 bits per heavy atom. The van der Waals surface area contributed by atoms with E-state index in [4.69, 9.17) is 10.5 Å². The average molecular weight is 312 g/mol. The summed E-state index contributed by atoms with van der Waals surface area (Å²) >= 11 is 0. The molecule has 118 valence electrons. The second-order valence-corrected chi connectivity index (χ2v) is 7.49. The van der Waals surface area contributed by atoms with E-state index in [1.807, 2.05) is 6.92 Å². The molecule has 0 spiro atoms. The Labute approximate surface area is 127 Å². The van der Waals surface area contributed by atoms with Crippen molar-refractivity contribution >= 4 is 10.0 Å². The predicted octanol–water partition coefficient (Wildman–Crippen LogP) is 1.75. The van der Waals surface area contributed by atoms with Gasteiger partial charge in [-0.25, -0.2) is 8.42 Å². The van der Waals surface area contributed by atoms with Crippen molar-refractivity contribution < 1.29 is 13.2 Å². The van der Waals surface area contributed by atoms with Crippen LogP contribution in [0.1, 0.15) is 24.8 Å². The molecule has 0 unspecified atom stereocenters. The molecule has 2 rings (SSSR count). The van der Waals surface area contributed by atoms with Crippen molar-refractivity contribution in [1.82, 2.24) is 4.31 Å². The minimum atomic E-state index is -3.40. The third-order valence-corrected chi connectivity index (χ3v) is 6.05. The Morgan fingerprint density at radius 2 is 2.00 bits per heavy atom. The molecule has 5 nitrogen and oxygen atoms in total. The van der Waals surface area contributed by atoms with E-state index in [1.54, 1.807) is 29.6 Å². The molecule has 1 saturated heterocycles. The minimum absolute atomic E-state index is 0.345. The quantitative estimate of drug-likeness (QED) is 0.899. The van der Waals surface area contributed by atoms with Crippen LogP contribution in [0.5, 0.6) is 5.75 Å². The Hall–Kier alpha value is -1.11. The Balaban J connectivity index is 2.14. The molecule has 0 bridgehead atoms. The highest BCUT2D eigenvalue weighted by Gasteiger charge is 2.29. The van der Waals surface area contributed by atoms with Gasteiger partial charge in [-0.05, 0) is 62.4 Å². The minimum Gasteiger partial charge on any atom is -0.496 e. The maximum Gasteiger partial charge on any atom is 0.243 e. The fourth-order valence-electron chi connectivity index (χ4n) is 2.83. The van der Waals surface area contributed by atoms with Crippen LogP contribution in [-0.4, -0.2) is 39.5 Å². The van der Waals surface area contributed by atoms with Crippen LogP contribution in [0.2, 0.25) is 0 Å². The van der Waals surface area contributed by atoms with Gasteiger partial charge in [0.25, 0.3) is 0 Å². The first-order valence-electron chi connectivity index (χ1n) is 7.34. The van der Waals surface area contributed by atoms with Crippen molar-refractivity contribution in [3.05, 3.63) is 23.8 Å². The molecule has 1 aliphatic rings. The third kappa shape index (κ3) is 3.56. The molecule has 0 aliphatic carbocycles. The van der Waals surface area contributed by atoms with Crippen LogP contribution in [0.25, 0.3) is 0 Å². The monoisotopic (exact) mass is 312 g/mol. The molecule has 1 heterocycles. The normalized spacial score (nSPS) is 17.9. The maximum atomic E-state index is 12.7. The first-order valence-corrected chi connectivity index (χ1v) is 8.78. The van der Waals surface area contributed by atoms with Crippen LogP contribution < -0.4 is 10.5 Å². The molecule has 0 atom stereocenters. The molecular formula is C15H24N2O3S. The molecule has 1 fully saturated rings. The number of nitrogens with two attached hydrogens (primary N) is 1. The lowest BCUT2D eigenvalue weighted by atomic mass is 9.95. The molecule has 0 aromatic heterocycles. The predicted molar refractivity (Wildman–Crippen MR) is 82.9 cm³/mol. The van der Waals surface area contributed by atoms with Crippen molar-refractivity contribution in [3.8, 4) is 5.75 Å². The molecule has 0 saturated carbocycles. The van der Waals surface area contributed by atoms with Crippen LogP contribution in [0, 0.1) is 12.8 Å². The van der Waals surface area contributed by atoms with E-state index in [1.165, 1.54) is 0 Å². The van der Waals surface area contributed by atoms with Crippen LogP contribution in [0.4, 0.5) is 0 Å². The largest absolute Gasteiger partial charge is 0.496 e. The number of piperidine rings is 1. The summed E-state index contributed by atoms with van der Waals surface area (Å²) in [5, 5.41) is 0. The van der Waals surface area contributed by atoms with E-state index in [0.29, 0.717) is 36.2 Å². The molecule has 1 aromatic carbocycles. The van der Waals surface area contributed by atoms with Gasteiger partial charge in [-0.1, -0.05) is 0 Å². The SMILES string of the molecule is COc1ccc(S(=O)(=O)N2CCC(CCN)CC2)cc1C. The van der Waals surface area contributed by atoms with Crippen LogP contribution in [0.15, 0.2) is 23.1 Å². The maximum absolute atomic E-state index is 12.7. The van der Waals surface area contributed by atoms with E-state index in [0.717, 1.165) is 24.8 Å². The second-order valence-electron chi connectivity index (χ2n) is 5.56. The topological polar surface area (TPSA) is 72.6 Å². The summed E-state index contributed by atoms with van der Waals surface area (Å²) in [4.78, 5) is 0.345. The number of benzene rings is 1. The lowest BCUT2D eigenvalue weighted by Gasteiger charge is -2.31. The van der Waals surface area contributed by atoms with Gasteiger partial charge < -0.3 is 10.5 Å². The van der Waals surface area contributed by atoms with E-state index >= 15 is 0 Å². The van der Waals surface area contributed by atoms with Gasteiger partial charge in [-0.2, -0.15) is 4.31 Å². The van der Waals surface area contributed by atoms with Crippen LogP contribution in [0.3, 0.4) is 0 Å². The summed E-state index contributed by atoms with van der Waals surface area (Å²) in [5.74, 6) is 1.26. The Morgan fingerprint density at radius 1 is 1.33 bits per heavy atom. The van der Waals surface area contributed by atoms with Crippen molar-refractivity contribution in [3.63, 3.8) is 0 Å². The van der Waals surface area contributed by atoms with Crippen LogP contribution >= 0.6 is 0 Å². The second kappa shape index (κ2) is 6.77. The molecule has 0 radical (unpaired) electrons.